The van der Waals surface area contributed by atoms with E-state index in [0.29, 0.717) is 15.5 Å². The highest BCUT2D eigenvalue weighted by Crippen LogP contribution is 2.35. The third-order valence-electron chi connectivity index (χ3n) is 3.45. The molecule has 1 N–H and O–H groups in total. The number of amides is 1. The molecular formula is C17H11ClF3NOS. The minimum Gasteiger partial charge on any atom is -0.347 e. The number of thiophene rings is 1. The Bertz CT molecular complexity index is 904. The van der Waals surface area contributed by atoms with Crippen LogP contribution < -0.4 is 5.32 Å². The molecule has 0 spiro atoms. The zero-order chi connectivity index (χ0) is 17.3. The Kier molecular flexibility index (Phi) is 4.51. The van der Waals surface area contributed by atoms with Crippen molar-refractivity contribution >= 4 is 38.9 Å². The lowest BCUT2D eigenvalue weighted by molar-refractivity contribution is -0.137. The summed E-state index contributed by atoms with van der Waals surface area (Å²) in [5.41, 5.74) is -0.371. The summed E-state index contributed by atoms with van der Waals surface area (Å²) in [5.74, 6) is -0.404. The minimum absolute atomic E-state index is 0.00662. The van der Waals surface area contributed by atoms with Gasteiger partial charge in [-0.2, -0.15) is 13.2 Å². The molecule has 0 aliphatic heterocycles. The molecule has 1 amide bonds. The fourth-order valence-corrected chi connectivity index (χ4v) is 3.71. The van der Waals surface area contributed by atoms with Crippen LogP contribution in [-0.2, 0) is 12.7 Å². The van der Waals surface area contributed by atoms with Crippen molar-refractivity contribution < 1.29 is 18.0 Å². The van der Waals surface area contributed by atoms with Gasteiger partial charge >= 0.3 is 6.18 Å². The lowest BCUT2D eigenvalue weighted by Gasteiger charge is -2.09. The molecule has 0 saturated heterocycles. The number of halogens is 4. The van der Waals surface area contributed by atoms with E-state index in [1.807, 2.05) is 24.3 Å². The Morgan fingerprint density at radius 3 is 2.58 bits per heavy atom. The quantitative estimate of drug-likeness (QED) is 0.648. The van der Waals surface area contributed by atoms with Crippen LogP contribution in [0.4, 0.5) is 13.2 Å². The van der Waals surface area contributed by atoms with Gasteiger partial charge in [0.05, 0.1) is 10.6 Å². The molecule has 1 aromatic heterocycles. The maximum absolute atomic E-state index is 12.7. The molecular weight excluding hydrogens is 359 g/mol. The Morgan fingerprint density at radius 1 is 1.12 bits per heavy atom. The molecule has 3 rings (SSSR count). The molecule has 1 heterocycles. The van der Waals surface area contributed by atoms with E-state index in [0.717, 1.165) is 22.2 Å². The monoisotopic (exact) mass is 369 g/mol. The summed E-state index contributed by atoms with van der Waals surface area (Å²) in [6, 6.07) is 12.2. The van der Waals surface area contributed by atoms with Crippen LogP contribution in [0, 0.1) is 0 Å². The van der Waals surface area contributed by atoms with Crippen molar-refractivity contribution in [2.45, 2.75) is 12.7 Å². The fourth-order valence-electron chi connectivity index (χ4n) is 2.28. The molecule has 124 valence electrons. The largest absolute Gasteiger partial charge is 0.416 e. The van der Waals surface area contributed by atoms with Crippen molar-refractivity contribution in [2.75, 3.05) is 0 Å². The predicted molar refractivity (Wildman–Crippen MR) is 89.4 cm³/mol. The van der Waals surface area contributed by atoms with E-state index in [9.17, 15) is 18.0 Å². The summed E-state index contributed by atoms with van der Waals surface area (Å²) in [6.07, 6.45) is -4.41. The number of alkyl halides is 3. The van der Waals surface area contributed by atoms with Crippen molar-refractivity contribution in [1.29, 1.82) is 0 Å². The summed E-state index contributed by atoms with van der Waals surface area (Å²) >= 11 is 7.47. The van der Waals surface area contributed by atoms with Crippen molar-refractivity contribution in [1.82, 2.24) is 5.32 Å². The highest BCUT2D eigenvalue weighted by Gasteiger charge is 2.30. The van der Waals surface area contributed by atoms with E-state index in [-0.39, 0.29) is 6.54 Å². The summed E-state index contributed by atoms with van der Waals surface area (Å²) in [6.45, 7) is -0.00662. The lowest BCUT2D eigenvalue weighted by Crippen LogP contribution is -2.22. The molecule has 7 heteroatoms. The van der Waals surface area contributed by atoms with Gasteiger partial charge in [0.15, 0.2) is 0 Å². The maximum atomic E-state index is 12.7. The zero-order valence-electron chi connectivity index (χ0n) is 12.2. The Hall–Kier alpha value is -2.05. The number of hydrogen-bond donors (Lipinski definition) is 1. The predicted octanol–water partition coefficient (Wildman–Crippen LogP) is 5.50. The van der Waals surface area contributed by atoms with Crippen LogP contribution in [0.25, 0.3) is 10.1 Å². The van der Waals surface area contributed by atoms with Crippen LogP contribution >= 0.6 is 22.9 Å². The van der Waals surface area contributed by atoms with Gasteiger partial charge < -0.3 is 5.32 Å². The van der Waals surface area contributed by atoms with E-state index >= 15 is 0 Å². The third-order valence-corrected chi connectivity index (χ3v) is 5.12. The number of fused-ring (bicyclic) bond motifs is 1. The van der Waals surface area contributed by atoms with Gasteiger partial charge in [-0.1, -0.05) is 41.9 Å². The summed E-state index contributed by atoms with van der Waals surface area (Å²) < 4.78 is 39.0. The number of rotatable bonds is 3. The van der Waals surface area contributed by atoms with Gasteiger partial charge in [-0.15, -0.1) is 11.3 Å². The molecule has 24 heavy (non-hydrogen) atoms. The van der Waals surface area contributed by atoms with Crippen molar-refractivity contribution in [2.24, 2.45) is 0 Å². The lowest BCUT2D eigenvalue weighted by atomic mass is 10.1. The molecule has 2 aromatic carbocycles. The average molecular weight is 370 g/mol. The third kappa shape index (κ3) is 3.39. The molecule has 0 aliphatic rings. The van der Waals surface area contributed by atoms with E-state index in [4.69, 9.17) is 11.6 Å². The van der Waals surface area contributed by atoms with Crippen molar-refractivity contribution in [3.63, 3.8) is 0 Å². The first-order valence-electron chi connectivity index (χ1n) is 6.97. The fraction of sp³-hybridized carbons (Fsp3) is 0.118. The van der Waals surface area contributed by atoms with Gasteiger partial charge in [-0.3, -0.25) is 4.79 Å². The number of carbonyl (C=O) groups excluding carboxylic acids is 1. The summed E-state index contributed by atoms with van der Waals surface area (Å²) in [5, 5.41) is 3.76. The van der Waals surface area contributed by atoms with Gasteiger partial charge in [0.25, 0.3) is 5.91 Å². The second-order valence-electron chi connectivity index (χ2n) is 5.12. The van der Waals surface area contributed by atoms with Gasteiger partial charge in [0.2, 0.25) is 0 Å². The van der Waals surface area contributed by atoms with Crippen LogP contribution in [0.3, 0.4) is 0 Å². The Labute approximate surface area is 144 Å². The standard InChI is InChI=1S/C17H11ClF3NOS/c18-14-12-6-1-2-7-13(12)24-15(14)16(23)22-9-10-4-3-5-11(8-10)17(19,20)21/h1-8H,9H2,(H,22,23). The number of nitrogens with one attached hydrogen (secondary N) is 1. The Morgan fingerprint density at radius 2 is 1.88 bits per heavy atom. The Balaban J connectivity index is 1.77. The van der Waals surface area contributed by atoms with Crippen molar-refractivity contribution in [3.05, 3.63) is 69.6 Å². The SMILES string of the molecule is O=C(NCc1cccc(C(F)(F)F)c1)c1sc2ccccc2c1Cl. The van der Waals surface area contributed by atoms with Crippen LogP contribution in [0.5, 0.6) is 0 Å². The van der Waals surface area contributed by atoms with Crippen molar-refractivity contribution in [3.8, 4) is 0 Å². The van der Waals surface area contributed by atoms with Crippen LogP contribution in [0.2, 0.25) is 5.02 Å². The van der Waals surface area contributed by atoms with Gasteiger partial charge in [0.1, 0.15) is 4.88 Å². The average Bonchev–Trinajstić information content (AvgIpc) is 2.90. The van der Waals surface area contributed by atoms with Gasteiger partial charge in [0, 0.05) is 16.6 Å². The smallest absolute Gasteiger partial charge is 0.347 e. The number of carbonyl (C=O) groups is 1. The minimum atomic E-state index is -4.41. The molecule has 3 aromatic rings. The molecule has 0 atom stereocenters. The number of hydrogen-bond acceptors (Lipinski definition) is 2. The number of benzene rings is 2. The highest BCUT2D eigenvalue weighted by atomic mass is 35.5. The molecule has 0 bridgehead atoms. The highest BCUT2D eigenvalue weighted by molar-refractivity contribution is 7.21. The summed E-state index contributed by atoms with van der Waals surface area (Å²) in [7, 11) is 0. The summed E-state index contributed by atoms with van der Waals surface area (Å²) in [4.78, 5) is 12.6. The van der Waals surface area contributed by atoms with Gasteiger partial charge in [-0.05, 0) is 23.8 Å². The zero-order valence-corrected chi connectivity index (χ0v) is 13.7. The topological polar surface area (TPSA) is 29.1 Å². The van der Waals surface area contributed by atoms with E-state index in [1.165, 1.54) is 23.5 Å². The normalized spacial score (nSPS) is 11.7. The molecule has 0 unspecified atom stereocenters. The van der Waals surface area contributed by atoms with Crippen LogP contribution in [-0.4, -0.2) is 5.91 Å². The maximum Gasteiger partial charge on any atom is 0.416 e. The molecule has 0 saturated carbocycles. The van der Waals surface area contributed by atoms with Gasteiger partial charge in [-0.25, -0.2) is 0 Å². The molecule has 2 nitrogen and oxygen atoms in total. The van der Waals surface area contributed by atoms with E-state index < -0.39 is 17.6 Å². The van der Waals surface area contributed by atoms with Crippen LogP contribution in [0.1, 0.15) is 20.8 Å². The second kappa shape index (κ2) is 6.45. The van der Waals surface area contributed by atoms with E-state index in [1.54, 1.807) is 0 Å². The molecule has 0 fully saturated rings. The first-order chi connectivity index (χ1) is 11.4. The molecule has 0 aliphatic carbocycles. The first-order valence-corrected chi connectivity index (χ1v) is 8.17. The second-order valence-corrected chi connectivity index (χ2v) is 6.55. The van der Waals surface area contributed by atoms with E-state index in [2.05, 4.69) is 5.32 Å². The molecule has 0 radical (unpaired) electrons. The first kappa shape index (κ1) is 16.8. The van der Waals surface area contributed by atoms with Crippen LogP contribution in [0.15, 0.2) is 48.5 Å².